The van der Waals surface area contributed by atoms with E-state index in [0.29, 0.717) is 22.5 Å². The second-order valence-corrected chi connectivity index (χ2v) is 6.80. The molecule has 0 radical (unpaired) electrons. The smallest absolute Gasteiger partial charge is 0.257 e. The molecule has 5 heteroatoms. The molecular formula is C24H19FN2O2. The van der Waals surface area contributed by atoms with E-state index >= 15 is 0 Å². The average molecular weight is 386 g/mol. The number of benzene rings is 3. The van der Waals surface area contributed by atoms with Crippen LogP contribution in [0.1, 0.15) is 21.5 Å². The number of rotatable bonds is 4. The Hall–Kier alpha value is -3.73. The van der Waals surface area contributed by atoms with E-state index in [2.05, 4.69) is 10.5 Å². The first-order valence-corrected chi connectivity index (χ1v) is 9.24. The molecule has 0 spiro atoms. The lowest BCUT2D eigenvalue weighted by atomic mass is 9.98. The molecule has 0 aliphatic rings. The van der Waals surface area contributed by atoms with Gasteiger partial charge in [-0.25, -0.2) is 4.39 Å². The molecule has 0 saturated carbocycles. The van der Waals surface area contributed by atoms with Crippen LogP contribution in [0.3, 0.4) is 0 Å². The molecule has 0 saturated heterocycles. The first kappa shape index (κ1) is 18.6. The van der Waals surface area contributed by atoms with Gasteiger partial charge in [0.05, 0.1) is 5.56 Å². The third kappa shape index (κ3) is 3.55. The molecule has 0 atom stereocenters. The highest BCUT2D eigenvalue weighted by molar-refractivity contribution is 6.07. The molecule has 144 valence electrons. The third-order valence-corrected chi connectivity index (χ3v) is 4.85. The van der Waals surface area contributed by atoms with Gasteiger partial charge in [0, 0.05) is 16.7 Å². The first-order valence-electron chi connectivity index (χ1n) is 9.24. The van der Waals surface area contributed by atoms with Crippen molar-refractivity contribution in [1.82, 2.24) is 5.16 Å². The number of hydrogen-bond acceptors (Lipinski definition) is 3. The van der Waals surface area contributed by atoms with Crippen molar-refractivity contribution in [3.05, 3.63) is 95.3 Å². The monoisotopic (exact) mass is 386 g/mol. The van der Waals surface area contributed by atoms with E-state index in [9.17, 15) is 9.18 Å². The van der Waals surface area contributed by atoms with E-state index < -0.39 is 5.82 Å². The van der Waals surface area contributed by atoms with Crippen molar-refractivity contribution in [2.45, 2.75) is 13.8 Å². The Balaban J connectivity index is 1.85. The van der Waals surface area contributed by atoms with Crippen molar-refractivity contribution in [1.29, 1.82) is 0 Å². The average Bonchev–Trinajstić information content (AvgIpc) is 3.12. The Bertz CT molecular complexity index is 1200. The van der Waals surface area contributed by atoms with Crippen LogP contribution in [-0.2, 0) is 0 Å². The molecule has 0 unspecified atom stereocenters. The van der Waals surface area contributed by atoms with Crippen LogP contribution in [0.15, 0.2) is 77.3 Å². The van der Waals surface area contributed by atoms with Gasteiger partial charge in [-0.3, -0.25) is 4.79 Å². The summed E-state index contributed by atoms with van der Waals surface area (Å²) in [6.07, 6.45) is 0. The highest BCUT2D eigenvalue weighted by Crippen LogP contribution is 2.40. The van der Waals surface area contributed by atoms with Crippen LogP contribution in [0.4, 0.5) is 10.2 Å². The van der Waals surface area contributed by atoms with Crippen LogP contribution in [-0.4, -0.2) is 11.1 Å². The number of aryl methyl sites for hydroxylation is 2. The predicted octanol–water partition coefficient (Wildman–Crippen LogP) is 6.02. The van der Waals surface area contributed by atoms with Crippen molar-refractivity contribution >= 4 is 11.7 Å². The minimum absolute atomic E-state index is 0.182. The maximum atomic E-state index is 14.7. The SMILES string of the molecule is Cc1ccccc1C(=O)Nc1noc(-c2ccccc2C)c1-c1ccccc1F. The zero-order valence-corrected chi connectivity index (χ0v) is 16.1. The third-order valence-electron chi connectivity index (χ3n) is 4.85. The second-order valence-electron chi connectivity index (χ2n) is 6.80. The molecule has 1 amide bonds. The maximum Gasteiger partial charge on any atom is 0.257 e. The van der Waals surface area contributed by atoms with Crippen LogP contribution in [0, 0.1) is 19.7 Å². The molecule has 0 fully saturated rings. The fourth-order valence-electron chi connectivity index (χ4n) is 3.30. The molecular weight excluding hydrogens is 367 g/mol. The van der Waals surface area contributed by atoms with Crippen molar-refractivity contribution in [2.75, 3.05) is 5.32 Å². The van der Waals surface area contributed by atoms with Crippen LogP contribution in [0.25, 0.3) is 22.5 Å². The van der Waals surface area contributed by atoms with Gasteiger partial charge >= 0.3 is 0 Å². The number of carbonyl (C=O) groups excluding carboxylic acids is 1. The van der Waals surface area contributed by atoms with Crippen LogP contribution in [0.5, 0.6) is 0 Å². The van der Waals surface area contributed by atoms with Crippen LogP contribution in [0.2, 0.25) is 0 Å². The molecule has 1 heterocycles. The van der Waals surface area contributed by atoms with Crippen molar-refractivity contribution in [2.24, 2.45) is 0 Å². The summed E-state index contributed by atoms with van der Waals surface area (Å²) in [4.78, 5) is 12.8. The van der Waals surface area contributed by atoms with Gasteiger partial charge in [-0.05, 0) is 37.1 Å². The number of hydrogen-bond donors (Lipinski definition) is 1. The van der Waals surface area contributed by atoms with Gasteiger partial charge in [0.1, 0.15) is 5.82 Å². The van der Waals surface area contributed by atoms with Gasteiger partial charge in [-0.2, -0.15) is 0 Å². The lowest BCUT2D eigenvalue weighted by Gasteiger charge is -2.09. The Labute approximate surface area is 168 Å². The maximum absolute atomic E-state index is 14.7. The topological polar surface area (TPSA) is 55.1 Å². The molecule has 0 aliphatic carbocycles. The zero-order valence-electron chi connectivity index (χ0n) is 16.1. The summed E-state index contributed by atoms with van der Waals surface area (Å²) in [5, 5.41) is 6.87. The standard InChI is InChI=1S/C24H19FN2O2/c1-15-9-3-5-11-17(15)22-21(19-13-7-8-14-20(19)25)23(27-29-22)26-24(28)18-12-6-4-10-16(18)2/h3-14H,1-2H3,(H,26,27,28). The van der Waals surface area contributed by atoms with Gasteiger partial charge in [0.25, 0.3) is 5.91 Å². The minimum atomic E-state index is -0.420. The highest BCUT2D eigenvalue weighted by atomic mass is 19.1. The fraction of sp³-hybridized carbons (Fsp3) is 0.0833. The van der Waals surface area contributed by atoms with Crippen molar-refractivity contribution < 1.29 is 13.7 Å². The van der Waals surface area contributed by atoms with Crippen molar-refractivity contribution in [3.8, 4) is 22.5 Å². The first-order chi connectivity index (χ1) is 14.1. The molecule has 4 rings (SSSR count). The molecule has 4 nitrogen and oxygen atoms in total. The van der Waals surface area contributed by atoms with E-state index in [1.807, 2.05) is 50.2 Å². The van der Waals surface area contributed by atoms with E-state index in [1.54, 1.807) is 30.3 Å². The summed E-state index contributed by atoms with van der Waals surface area (Å²) >= 11 is 0. The molecule has 1 aromatic heterocycles. The number of carbonyl (C=O) groups is 1. The fourth-order valence-corrected chi connectivity index (χ4v) is 3.30. The second kappa shape index (κ2) is 7.72. The number of nitrogens with zero attached hydrogens (tertiary/aromatic N) is 1. The number of halogens is 1. The molecule has 0 aliphatic heterocycles. The quantitative estimate of drug-likeness (QED) is 0.467. The van der Waals surface area contributed by atoms with E-state index in [-0.39, 0.29) is 11.7 Å². The van der Waals surface area contributed by atoms with Gasteiger partial charge in [0.2, 0.25) is 0 Å². The summed E-state index contributed by atoms with van der Waals surface area (Å²) in [5.74, 6) is -0.155. The number of aromatic nitrogens is 1. The molecule has 1 N–H and O–H groups in total. The Morgan fingerprint density at radius 3 is 2.17 bits per heavy atom. The Morgan fingerprint density at radius 1 is 0.862 bits per heavy atom. The largest absolute Gasteiger partial charge is 0.353 e. The van der Waals surface area contributed by atoms with Crippen LogP contribution >= 0.6 is 0 Å². The van der Waals surface area contributed by atoms with Crippen LogP contribution < -0.4 is 5.32 Å². The molecule has 4 aromatic rings. The zero-order chi connectivity index (χ0) is 20.4. The van der Waals surface area contributed by atoms with E-state index in [0.717, 1.165) is 16.7 Å². The molecule has 29 heavy (non-hydrogen) atoms. The van der Waals surface area contributed by atoms with Gasteiger partial charge < -0.3 is 9.84 Å². The highest BCUT2D eigenvalue weighted by Gasteiger charge is 2.24. The summed E-state index contributed by atoms with van der Waals surface area (Å²) in [6.45, 7) is 3.79. The lowest BCUT2D eigenvalue weighted by molar-refractivity contribution is 0.102. The number of nitrogens with one attached hydrogen (secondary N) is 1. The summed E-state index contributed by atoms with van der Waals surface area (Å²) < 4.78 is 20.3. The number of anilines is 1. The number of amides is 1. The van der Waals surface area contributed by atoms with Gasteiger partial charge in [0.15, 0.2) is 11.6 Å². The summed E-state index contributed by atoms with van der Waals surface area (Å²) in [5.41, 5.74) is 3.83. The Kier molecular flexibility index (Phi) is 4.96. The summed E-state index contributed by atoms with van der Waals surface area (Å²) in [6, 6.07) is 21.2. The van der Waals surface area contributed by atoms with E-state index in [4.69, 9.17) is 4.52 Å². The summed E-state index contributed by atoms with van der Waals surface area (Å²) in [7, 11) is 0. The Morgan fingerprint density at radius 2 is 1.48 bits per heavy atom. The lowest BCUT2D eigenvalue weighted by Crippen LogP contribution is -2.14. The minimum Gasteiger partial charge on any atom is -0.353 e. The van der Waals surface area contributed by atoms with E-state index in [1.165, 1.54) is 6.07 Å². The van der Waals surface area contributed by atoms with Crippen molar-refractivity contribution in [3.63, 3.8) is 0 Å². The van der Waals surface area contributed by atoms with Gasteiger partial charge in [-0.1, -0.05) is 65.8 Å². The normalized spacial score (nSPS) is 10.7. The molecule has 3 aromatic carbocycles. The van der Waals surface area contributed by atoms with Gasteiger partial charge in [-0.15, -0.1) is 0 Å². The predicted molar refractivity (Wildman–Crippen MR) is 111 cm³/mol. The molecule has 0 bridgehead atoms.